The van der Waals surface area contributed by atoms with Crippen molar-refractivity contribution in [2.24, 2.45) is 23.2 Å². The lowest BCUT2D eigenvalue weighted by atomic mass is 9.49. The van der Waals surface area contributed by atoms with Crippen LogP contribution in [0.1, 0.15) is 51.4 Å². The summed E-state index contributed by atoms with van der Waals surface area (Å²) in [6.07, 6.45) is 9.54. The van der Waals surface area contributed by atoms with Gasteiger partial charge >= 0.3 is 0 Å². The molecule has 5 rings (SSSR count). The molecule has 1 atom stereocenters. The standard InChI is InChI=1S/C18H29N3O2/c22-16(20-11-17(23)21-15-1-2-19-10-15)9-18-6-12-3-13(7-18)5-14(4-12)8-18/h12-15,19H,1-11H2,(H,20,22)(H,21,23). The summed E-state index contributed by atoms with van der Waals surface area (Å²) in [4.78, 5) is 24.3. The molecule has 1 aliphatic heterocycles. The van der Waals surface area contributed by atoms with Crippen LogP contribution in [0.15, 0.2) is 0 Å². The van der Waals surface area contributed by atoms with E-state index in [4.69, 9.17) is 0 Å². The van der Waals surface area contributed by atoms with Gasteiger partial charge in [0, 0.05) is 19.0 Å². The van der Waals surface area contributed by atoms with E-state index in [0.717, 1.165) is 37.3 Å². The molecule has 0 aromatic heterocycles. The normalized spacial score (nSPS) is 41.0. The number of nitrogens with one attached hydrogen (secondary N) is 3. The maximum absolute atomic E-state index is 12.4. The highest BCUT2D eigenvalue weighted by Crippen LogP contribution is 2.61. The molecule has 0 aromatic rings. The van der Waals surface area contributed by atoms with Crippen molar-refractivity contribution in [2.75, 3.05) is 19.6 Å². The molecular formula is C18H29N3O2. The van der Waals surface area contributed by atoms with E-state index in [0.29, 0.717) is 6.42 Å². The van der Waals surface area contributed by atoms with Gasteiger partial charge in [0.25, 0.3) is 0 Å². The third-order valence-corrected chi connectivity index (χ3v) is 6.57. The fraction of sp³-hybridized carbons (Fsp3) is 0.889. The van der Waals surface area contributed by atoms with Crippen molar-refractivity contribution < 1.29 is 9.59 Å². The Bertz CT molecular complexity index is 449. The van der Waals surface area contributed by atoms with Crippen LogP contribution in [0.5, 0.6) is 0 Å². The molecule has 5 nitrogen and oxygen atoms in total. The number of carbonyl (C=O) groups excluding carboxylic acids is 2. The van der Waals surface area contributed by atoms with Crippen LogP contribution in [-0.4, -0.2) is 37.5 Å². The van der Waals surface area contributed by atoms with Gasteiger partial charge in [-0.1, -0.05) is 0 Å². The Kier molecular flexibility index (Phi) is 4.08. The predicted octanol–water partition coefficient (Wildman–Crippen LogP) is 1.19. The third kappa shape index (κ3) is 3.39. The summed E-state index contributed by atoms with van der Waals surface area (Å²) >= 11 is 0. The maximum Gasteiger partial charge on any atom is 0.239 e. The zero-order valence-corrected chi connectivity index (χ0v) is 13.9. The fourth-order valence-electron chi connectivity index (χ4n) is 6.15. The molecule has 4 aliphatic carbocycles. The monoisotopic (exact) mass is 319 g/mol. The van der Waals surface area contributed by atoms with Gasteiger partial charge in [-0.3, -0.25) is 9.59 Å². The Morgan fingerprint density at radius 3 is 2.22 bits per heavy atom. The lowest BCUT2D eigenvalue weighted by Gasteiger charge is -2.56. The predicted molar refractivity (Wildman–Crippen MR) is 87.6 cm³/mol. The van der Waals surface area contributed by atoms with Crippen molar-refractivity contribution in [2.45, 2.75) is 57.4 Å². The highest BCUT2D eigenvalue weighted by molar-refractivity contribution is 5.85. The lowest BCUT2D eigenvalue weighted by Crippen LogP contribution is -2.49. The first-order valence-electron chi connectivity index (χ1n) is 9.37. The minimum absolute atomic E-state index is 0.0578. The molecule has 23 heavy (non-hydrogen) atoms. The van der Waals surface area contributed by atoms with Crippen molar-refractivity contribution in [1.82, 2.24) is 16.0 Å². The molecule has 5 heteroatoms. The number of carbonyl (C=O) groups is 2. The number of rotatable bonds is 5. The smallest absolute Gasteiger partial charge is 0.239 e. The topological polar surface area (TPSA) is 70.2 Å². The second-order valence-corrected chi connectivity index (χ2v) is 8.63. The molecule has 4 saturated carbocycles. The number of hydrogen-bond donors (Lipinski definition) is 3. The number of amides is 2. The summed E-state index contributed by atoms with van der Waals surface area (Å²) < 4.78 is 0. The summed E-state index contributed by atoms with van der Waals surface area (Å²) in [6.45, 7) is 1.93. The van der Waals surface area contributed by atoms with Crippen molar-refractivity contribution in [3.8, 4) is 0 Å². The first kappa shape index (κ1) is 15.4. The highest BCUT2D eigenvalue weighted by atomic mass is 16.2. The van der Waals surface area contributed by atoms with E-state index in [2.05, 4.69) is 16.0 Å². The molecule has 1 unspecified atom stereocenters. The van der Waals surface area contributed by atoms with E-state index < -0.39 is 0 Å². The number of hydrogen-bond acceptors (Lipinski definition) is 3. The average molecular weight is 319 g/mol. The average Bonchev–Trinajstić information content (AvgIpc) is 2.96. The van der Waals surface area contributed by atoms with Crippen molar-refractivity contribution in [3.05, 3.63) is 0 Å². The SMILES string of the molecule is O=C(CC12CC3CC(CC(C3)C1)C2)NCC(=O)NC1CCNC1. The van der Waals surface area contributed by atoms with Gasteiger partial charge in [0.1, 0.15) is 0 Å². The van der Waals surface area contributed by atoms with Crippen molar-refractivity contribution >= 4 is 11.8 Å². The van der Waals surface area contributed by atoms with Crippen LogP contribution in [0.3, 0.4) is 0 Å². The van der Waals surface area contributed by atoms with Crippen LogP contribution >= 0.6 is 0 Å². The van der Waals surface area contributed by atoms with Crippen molar-refractivity contribution in [3.63, 3.8) is 0 Å². The highest BCUT2D eigenvalue weighted by Gasteiger charge is 2.51. The van der Waals surface area contributed by atoms with Gasteiger partial charge in [-0.25, -0.2) is 0 Å². The molecule has 5 aliphatic rings. The summed E-state index contributed by atoms with van der Waals surface area (Å²) in [5.41, 5.74) is 0.255. The molecule has 1 saturated heterocycles. The molecule has 3 N–H and O–H groups in total. The Hall–Kier alpha value is -1.10. The van der Waals surface area contributed by atoms with Gasteiger partial charge in [-0.15, -0.1) is 0 Å². The van der Waals surface area contributed by atoms with E-state index in [1.807, 2.05) is 0 Å². The Balaban J connectivity index is 1.24. The first-order valence-corrected chi connectivity index (χ1v) is 9.37. The zero-order chi connectivity index (χ0) is 15.9. The second-order valence-electron chi connectivity index (χ2n) is 8.63. The van der Waals surface area contributed by atoms with Gasteiger partial charge in [-0.05, 0) is 74.7 Å². The largest absolute Gasteiger partial charge is 0.351 e. The van der Waals surface area contributed by atoms with Gasteiger partial charge in [0.15, 0.2) is 0 Å². The van der Waals surface area contributed by atoms with E-state index in [1.54, 1.807) is 0 Å². The van der Waals surface area contributed by atoms with E-state index >= 15 is 0 Å². The summed E-state index contributed by atoms with van der Waals surface area (Å²) in [5, 5.41) is 9.06. The van der Waals surface area contributed by atoms with E-state index in [9.17, 15) is 9.59 Å². The Morgan fingerprint density at radius 1 is 1.00 bits per heavy atom. The zero-order valence-electron chi connectivity index (χ0n) is 13.9. The van der Waals surface area contributed by atoms with E-state index in [1.165, 1.54) is 38.5 Å². The minimum Gasteiger partial charge on any atom is -0.351 e. The van der Waals surface area contributed by atoms with Crippen LogP contribution in [0.25, 0.3) is 0 Å². The lowest BCUT2D eigenvalue weighted by molar-refractivity contribution is -0.132. The molecule has 4 bridgehead atoms. The van der Waals surface area contributed by atoms with Crippen LogP contribution in [-0.2, 0) is 9.59 Å². The summed E-state index contributed by atoms with van der Waals surface area (Å²) in [5.74, 6) is 2.62. The summed E-state index contributed by atoms with van der Waals surface area (Å²) in [7, 11) is 0. The molecule has 1 heterocycles. The van der Waals surface area contributed by atoms with Gasteiger partial charge < -0.3 is 16.0 Å². The molecule has 0 radical (unpaired) electrons. The molecule has 5 fully saturated rings. The Labute approximate surface area is 138 Å². The van der Waals surface area contributed by atoms with Crippen molar-refractivity contribution in [1.29, 1.82) is 0 Å². The molecule has 0 spiro atoms. The maximum atomic E-state index is 12.4. The van der Waals surface area contributed by atoms with Gasteiger partial charge in [-0.2, -0.15) is 0 Å². The van der Waals surface area contributed by atoms with Crippen LogP contribution in [0.4, 0.5) is 0 Å². The van der Waals surface area contributed by atoms with Gasteiger partial charge in [0.2, 0.25) is 11.8 Å². The van der Waals surface area contributed by atoms with Crippen LogP contribution < -0.4 is 16.0 Å². The van der Waals surface area contributed by atoms with Crippen LogP contribution in [0, 0.1) is 23.2 Å². The first-order chi connectivity index (χ1) is 11.1. The van der Waals surface area contributed by atoms with Crippen LogP contribution in [0.2, 0.25) is 0 Å². The second kappa shape index (κ2) is 6.08. The minimum atomic E-state index is -0.0578. The molecular weight excluding hydrogens is 290 g/mol. The van der Waals surface area contributed by atoms with E-state index in [-0.39, 0.29) is 29.8 Å². The third-order valence-electron chi connectivity index (χ3n) is 6.57. The Morgan fingerprint density at radius 2 is 1.65 bits per heavy atom. The summed E-state index contributed by atoms with van der Waals surface area (Å²) in [6, 6.07) is 0.225. The molecule has 0 aromatic carbocycles. The fourth-order valence-corrected chi connectivity index (χ4v) is 6.15. The molecule has 2 amide bonds. The molecule has 128 valence electrons. The van der Waals surface area contributed by atoms with Gasteiger partial charge in [0.05, 0.1) is 6.54 Å². The quantitative estimate of drug-likeness (QED) is 0.713.